The Bertz CT molecular complexity index is 594. The highest BCUT2D eigenvalue weighted by molar-refractivity contribution is 5.77. The Balaban J connectivity index is 2.16. The summed E-state index contributed by atoms with van der Waals surface area (Å²) in [6.45, 7) is 0.556. The molecule has 1 aromatic carbocycles. The molecule has 2 rings (SSSR count). The first-order valence-electron chi connectivity index (χ1n) is 6.20. The summed E-state index contributed by atoms with van der Waals surface area (Å²) in [6.07, 6.45) is 1.15. The van der Waals surface area contributed by atoms with Crippen LogP contribution in [0.3, 0.4) is 0 Å². The number of rotatable bonds is 3. The largest absolute Gasteiger partial charge is 0.379 e. The lowest BCUT2D eigenvalue weighted by molar-refractivity contribution is -0.384. The van der Waals surface area contributed by atoms with Gasteiger partial charge in [-0.25, -0.2) is 0 Å². The molecule has 0 radical (unpaired) electrons. The number of likely N-dealkylation sites (tertiary alicyclic amines) is 1. The van der Waals surface area contributed by atoms with Crippen molar-refractivity contribution < 1.29 is 9.72 Å². The molecule has 1 saturated heterocycles. The van der Waals surface area contributed by atoms with Crippen LogP contribution >= 0.6 is 0 Å². The monoisotopic (exact) mass is 274 g/mol. The Morgan fingerprint density at radius 1 is 1.55 bits per heavy atom. The number of nitro groups is 1. The minimum absolute atomic E-state index is 0.0475. The first-order valence-corrected chi connectivity index (χ1v) is 6.20. The maximum absolute atomic E-state index is 11.4. The molecule has 1 atom stereocenters. The van der Waals surface area contributed by atoms with Crippen LogP contribution in [0.5, 0.6) is 0 Å². The first kappa shape index (κ1) is 13.8. The zero-order valence-corrected chi connectivity index (χ0v) is 11.0. The van der Waals surface area contributed by atoms with Crippen molar-refractivity contribution >= 4 is 17.3 Å². The molecule has 0 bridgehead atoms. The van der Waals surface area contributed by atoms with Gasteiger partial charge in [0.05, 0.1) is 16.2 Å². The Morgan fingerprint density at radius 2 is 2.30 bits per heavy atom. The van der Waals surface area contributed by atoms with Crippen molar-refractivity contribution in [3.05, 3.63) is 33.9 Å². The van der Waals surface area contributed by atoms with Gasteiger partial charge in [0.25, 0.3) is 5.69 Å². The van der Waals surface area contributed by atoms with Crippen molar-refractivity contribution in [1.29, 1.82) is 5.26 Å². The lowest BCUT2D eigenvalue weighted by Crippen LogP contribution is -2.43. The minimum atomic E-state index is -0.530. The van der Waals surface area contributed by atoms with E-state index < -0.39 is 4.92 Å². The third kappa shape index (κ3) is 2.85. The Hall–Kier alpha value is -2.62. The van der Waals surface area contributed by atoms with Gasteiger partial charge in [0.15, 0.2) is 0 Å². The van der Waals surface area contributed by atoms with Gasteiger partial charge in [-0.1, -0.05) is 0 Å². The number of nitrogens with zero attached hydrogens (tertiary/aromatic N) is 3. The van der Waals surface area contributed by atoms with Gasteiger partial charge in [-0.2, -0.15) is 5.26 Å². The number of likely N-dealkylation sites (N-methyl/N-ethyl adjacent to an activating group) is 1. The molecule has 7 nitrogen and oxygen atoms in total. The predicted molar refractivity (Wildman–Crippen MR) is 72.1 cm³/mol. The highest BCUT2D eigenvalue weighted by Crippen LogP contribution is 2.23. The number of benzene rings is 1. The summed E-state index contributed by atoms with van der Waals surface area (Å²) in [6, 6.07) is 6.15. The zero-order valence-electron chi connectivity index (χ0n) is 11.0. The van der Waals surface area contributed by atoms with Gasteiger partial charge in [0, 0.05) is 38.2 Å². The van der Waals surface area contributed by atoms with E-state index in [1.807, 2.05) is 6.07 Å². The average Bonchev–Trinajstić information content (AvgIpc) is 2.43. The third-order valence-electron chi connectivity index (χ3n) is 3.32. The molecule has 0 spiro atoms. The molecule has 1 unspecified atom stereocenters. The van der Waals surface area contributed by atoms with Crippen LogP contribution in [0.15, 0.2) is 18.2 Å². The molecule has 0 saturated carbocycles. The highest BCUT2D eigenvalue weighted by Gasteiger charge is 2.23. The SMILES string of the molecule is CN1CC(Nc2ccc([N+](=O)[O-])cc2C#N)CCC1=O. The number of nitro benzene ring substituents is 1. The van der Waals surface area contributed by atoms with Gasteiger partial charge in [0.1, 0.15) is 6.07 Å². The summed E-state index contributed by atoms with van der Waals surface area (Å²) in [5.41, 5.74) is 0.688. The molecule has 1 N–H and O–H groups in total. The summed E-state index contributed by atoms with van der Waals surface area (Å²) in [5.74, 6) is 0.104. The summed E-state index contributed by atoms with van der Waals surface area (Å²) in [5, 5.41) is 22.9. The van der Waals surface area contributed by atoms with Crippen LogP contribution in [0.25, 0.3) is 0 Å². The molecule has 1 amide bonds. The molecular formula is C13H14N4O3. The summed E-state index contributed by atoms with van der Waals surface area (Å²) >= 11 is 0. The molecule has 20 heavy (non-hydrogen) atoms. The molecule has 1 aliphatic rings. The standard InChI is InChI=1S/C13H14N4O3/c1-16-8-10(2-5-13(16)18)15-12-4-3-11(17(19)20)6-9(12)7-14/h3-4,6,10,15H,2,5,8H2,1H3. The van der Waals surface area contributed by atoms with Crippen molar-refractivity contribution in [3.8, 4) is 6.07 Å². The smallest absolute Gasteiger partial charge is 0.270 e. The molecule has 1 aliphatic heterocycles. The number of carbonyl (C=O) groups excluding carboxylic acids is 1. The number of piperidine rings is 1. The zero-order chi connectivity index (χ0) is 14.7. The number of hydrogen-bond donors (Lipinski definition) is 1. The number of nitriles is 1. The molecule has 0 aromatic heterocycles. The quantitative estimate of drug-likeness (QED) is 0.665. The van der Waals surface area contributed by atoms with Crippen molar-refractivity contribution in [3.63, 3.8) is 0 Å². The van der Waals surface area contributed by atoms with Gasteiger partial charge >= 0.3 is 0 Å². The van der Waals surface area contributed by atoms with Gasteiger partial charge in [-0.05, 0) is 12.5 Å². The van der Waals surface area contributed by atoms with Gasteiger partial charge < -0.3 is 10.2 Å². The topological polar surface area (TPSA) is 99.3 Å². The fourth-order valence-corrected chi connectivity index (χ4v) is 2.21. The molecular weight excluding hydrogens is 260 g/mol. The maximum Gasteiger partial charge on any atom is 0.270 e. The van der Waals surface area contributed by atoms with E-state index in [-0.39, 0.29) is 23.2 Å². The van der Waals surface area contributed by atoms with Crippen LogP contribution in [0, 0.1) is 21.4 Å². The summed E-state index contributed by atoms with van der Waals surface area (Å²) in [7, 11) is 1.73. The summed E-state index contributed by atoms with van der Waals surface area (Å²) < 4.78 is 0. The molecule has 7 heteroatoms. The second-order valence-corrected chi connectivity index (χ2v) is 4.75. The van der Waals surface area contributed by atoms with Gasteiger partial charge in [-0.15, -0.1) is 0 Å². The Kier molecular flexibility index (Phi) is 3.84. The third-order valence-corrected chi connectivity index (χ3v) is 3.32. The Labute approximate surface area is 115 Å². The van der Waals surface area contributed by atoms with Gasteiger partial charge in [0.2, 0.25) is 5.91 Å². The van der Waals surface area contributed by atoms with Crippen LogP contribution in [0.1, 0.15) is 18.4 Å². The van der Waals surface area contributed by atoms with E-state index >= 15 is 0 Å². The van der Waals surface area contributed by atoms with Crippen molar-refractivity contribution in [2.75, 3.05) is 18.9 Å². The van der Waals surface area contributed by atoms with E-state index in [9.17, 15) is 14.9 Å². The second kappa shape index (κ2) is 5.57. The van der Waals surface area contributed by atoms with Crippen molar-refractivity contribution in [1.82, 2.24) is 4.90 Å². The number of anilines is 1. The summed E-state index contributed by atoms with van der Waals surface area (Å²) in [4.78, 5) is 23.2. The van der Waals surface area contributed by atoms with Gasteiger partial charge in [-0.3, -0.25) is 14.9 Å². The Morgan fingerprint density at radius 3 is 2.90 bits per heavy atom. The van der Waals surface area contributed by atoms with E-state index in [1.54, 1.807) is 11.9 Å². The fraction of sp³-hybridized carbons (Fsp3) is 0.385. The first-order chi connectivity index (χ1) is 9.51. The second-order valence-electron chi connectivity index (χ2n) is 4.75. The highest BCUT2D eigenvalue weighted by atomic mass is 16.6. The maximum atomic E-state index is 11.4. The number of hydrogen-bond acceptors (Lipinski definition) is 5. The lowest BCUT2D eigenvalue weighted by Gasteiger charge is -2.31. The molecule has 1 heterocycles. The van der Waals surface area contributed by atoms with E-state index in [0.717, 1.165) is 0 Å². The number of carbonyl (C=O) groups is 1. The number of non-ortho nitro benzene ring substituents is 1. The molecule has 0 aliphatic carbocycles. The van der Waals surface area contributed by atoms with Crippen molar-refractivity contribution in [2.45, 2.75) is 18.9 Å². The molecule has 104 valence electrons. The van der Waals surface area contributed by atoms with Crippen LogP contribution in [-0.2, 0) is 4.79 Å². The van der Waals surface area contributed by atoms with E-state index in [4.69, 9.17) is 5.26 Å². The van der Waals surface area contributed by atoms with Crippen molar-refractivity contribution in [2.24, 2.45) is 0 Å². The molecule has 1 fully saturated rings. The van der Waals surface area contributed by atoms with Crippen LogP contribution in [-0.4, -0.2) is 35.4 Å². The van der Waals surface area contributed by atoms with Crippen LogP contribution in [0.2, 0.25) is 0 Å². The van der Waals surface area contributed by atoms with E-state index in [0.29, 0.717) is 25.1 Å². The normalized spacial score (nSPS) is 18.5. The molecule has 1 aromatic rings. The van der Waals surface area contributed by atoms with Crippen LogP contribution < -0.4 is 5.32 Å². The minimum Gasteiger partial charge on any atom is -0.379 e. The van der Waals surface area contributed by atoms with Crippen LogP contribution in [0.4, 0.5) is 11.4 Å². The number of nitrogens with one attached hydrogen (secondary N) is 1. The average molecular weight is 274 g/mol. The predicted octanol–water partition coefficient (Wildman–Crippen LogP) is 1.50. The fourth-order valence-electron chi connectivity index (χ4n) is 2.21. The van der Waals surface area contributed by atoms with E-state index in [1.165, 1.54) is 18.2 Å². The number of amides is 1. The lowest BCUT2D eigenvalue weighted by atomic mass is 10.0. The van der Waals surface area contributed by atoms with E-state index in [2.05, 4.69) is 5.32 Å².